The largest absolute Gasteiger partial charge is 0.480 e. The zero-order valence-corrected chi connectivity index (χ0v) is 12.1. The van der Waals surface area contributed by atoms with Gasteiger partial charge in [-0.15, -0.1) is 0 Å². The molecule has 1 rings (SSSR count). The van der Waals surface area contributed by atoms with Crippen molar-refractivity contribution in [3.63, 3.8) is 0 Å². The number of hydrogen-bond donors (Lipinski definition) is 2. The van der Waals surface area contributed by atoms with Crippen LogP contribution in [-0.4, -0.2) is 42.8 Å². The lowest BCUT2D eigenvalue weighted by Crippen LogP contribution is -2.48. The molecule has 0 spiro atoms. The van der Waals surface area contributed by atoms with Crippen LogP contribution in [-0.2, 0) is 14.3 Å². The molecule has 0 fully saturated rings. The number of methoxy groups -OCH3 is 1. The van der Waals surface area contributed by atoms with Crippen LogP contribution in [0.4, 0.5) is 10.5 Å². The van der Waals surface area contributed by atoms with Gasteiger partial charge in [-0.3, -0.25) is 9.69 Å². The molecule has 1 atom stereocenters. The summed E-state index contributed by atoms with van der Waals surface area (Å²) in [4.78, 5) is 35.4. The summed E-state index contributed by atoms with van der Waals surface area (Å²) in [5, 5.41) is 11.3. The summed E-state index contributed by atoms with van der Waals surface area (Å²) >= 11 is 0. The fraction of sp³-hybridized carbons (Fsp3) is 0.357. The highest BCUT2D eigenvalue weighted by atomic mass is 16.5. The quantitative estimate of drug-likeness (QED) is 0.794. The van der Waals surface area contributed by atoms with E-state index in [9.17, 15) is 14.4 Å². The van der Waals surface area contributed by atoms with Crippen molar-refractivity contribution in [3.8, 4) is 0 Å². The van der Waals surface area contributed by atoms with Gasteiger partial charge in [-0.1, -0.05) is 17.7 Å². The van der Waals surface area contributed by atoms with Crippen LogP contribution in [0, 0.1) is 6.92 Å². The fourth-order valence-electron chi connectivity index (χ4n) is 1.64. The lowest BCUT2D eigenvalue weighted by Gasteiger charge is -2.23. The van der Waals surface area contributed by atoms with E-state index in [0.717, 1.165) is 10.5 Å². The number of nitrogens with one attached hydrogen (secondary N) is 1. The van der Waals surface area contributed by atoms with E-state index in [-0.39, 0.29) is 0 Å². The number of ether oxygens (including phenoxy) is 1. The lowest BCUT2D eigenvalue weighted by molar-refractivity contribution is -0.142. The van der Waals surface area contributed by atoms with Gasteiger partial charge < -0.3 is 15.2 Å². The second-order valence-corrected chi connectivity index (χ2v) is 4.51. The number of aliphatic carboxylic acids is 1. The number of amides is 2. The van der Waals surface area contributed by atoms with Gasteiger partial charge in [0.25, 0.3) is 0 Å². The maximum Gasteiger partial charge on any atom is 0.328 e. The third kappa shape index (κ3) is 4.79. The minimum atomic E-state index is -1.16. The van der Waals surface area contributed by atoms with Gasteiger partial charge in [0.1, 0.15) is 12.6 Å². The van der Waals surface area contributed by atoms with Gasteiger partial charge in [-0.2, -0.15) is 0 Å². The van der Waals surface area contributed by atoms with Crippen LogP contribution in [0.3, 0.4) is 0 Å². The Balaban J connectivity index is 2.91. The fourth-order valence-corrected chi connectivity index (χ4v) is 1.64. The van der Waals surface area contributed by atoms with Crippen molar-refractivity contribution in [2.45, 2.75) is 19.9 Å². The van der Waals surface area contributed by atoms with Crippen molar-refractivity contribution in [1.82, 2.24) is 5.32 Å². The molecule has 0 heterocycles. The number of carbonyl (C=O) groups is 3. The van der Waals surface area contributed by atoms with E-state index >= 15 is 0 Å². The zero-order chi connectivity index (χ0) is 16.0. The highest BCUT2D eigenvalue weighted by molar-refractivity contribution is 5.98. The molecule has 0 radical (unpaired) electrons. The molecule has 0 saturated carbocycles. The number of nitrogens with zero attached hydrogens (tertiary/aromatic N) is 1. The van der Waals surface area contributed by atoms with Gasteiger partial charge in [-0.25, -0.2) is 9.59 Å². The molecule has 0 aliphatic carbocycles. The van der Waals surface area contributed by atoms with Crippen LogP contribution < -0.4 is 10.2 Å². The van der Waals surface area contributed by atoms with Crippen LogP contribution >= 0.6 is 0 Å². The van der Waals surface area contributed by atoms with E-state index in [1.165, 1.54) is 14.0 Å². The monoisotopic (exact) mass is 294 g/mol. The van der Waals surface area contributed by atoms with Crippen molar-refractivity contribution in [2.75, 3.05) is 18.6 Å². The zero-order valence-electron chi connectivity index (χ0n) is 12.1. The number of carbonyl (C=O) groups excluding carboxylic acids is 2. The second-order valence-electron chi connectivity index (χ2n) is 4.51. The predicted octanol–water partition coefficient (Wildman–Crippen LogP) is 1.16. The van der Waals surface area contributed by atoms with E-state index in [4.69, 9.17) is 5.11 Å². The van der Waals surface area contributed by atoms with E-state index in [0.29, 0.717) is 5.69 Å². The minimum absolute atomic E-state index is 0.428. The molecule has 21 heavy (non-hydrogen) atoms. The van der Waals surface area contributed by atoms with Crippen molar-refractivity contribution in [1.29, 1.82) is 0 Å². The number of rotatable bonds is 5. The first kappa shape index (κ1) is 16.5. The van der Waals surface area contributed by atoms with Gasteiger partial charge in [0.15, 0.2) is 0 Å². The number of carboxylic acids is 1. The molecule has 2 amide bonds. The summed E-state index contributed by atoms with van der Waals surface area (Å²) in [5.74, 6) is -1.76. The van der Waals surface area contributed by atoms with Crippen molar-refractivity contribution < 1.29 is 24.2 Å². The standard InChI is InChI=1S/C14H18N2O5/c1-9-4-6-11(7-5-9)16(8-12(17)18)14(20)15-10(2)13(19)21-3/h4-7,10H,8H2,1-3H3,(H,15,20)(H,17,18). The number of hydrogen-bond acceptors (Lipinski definition) is 4. The first-order chi connectivity index (χ1) is 9.85. The first-order valence-corrected chi connectivity index (χ1v) is 6.29. The SMILES string of the molecule is COC(=O)C(C)NC(=O)N(CC(=O)O)c1ccc(C)cc1. The molecule has 1 aromatic carbocycles. The topological polar surface area (TPSA) is 95.9 Å². The smallest absolute Gasteiger partial charge is 0.328 e. The van der Waals surface area contributed by atoms with E-state index < -0.39 is 30.6 Å². The van der Waals surface area contributed by atoms with Gasteiger partial charge in [0.05, 0.1) is 7.11 Å². The van der Waals surface area contributed by atoms with Gasteiger partial charge in [0, 0.05) is 5.69 Å². The summed E-state index contributed by atoms with van der Waals surface area (Å²) in [7, 11) is 1.21. The third-order valence-corrected chi connectivity index (χ3v) is 2.78. The van der Waals surface area contributed by atoms with Crippen molar-refractivity contribution >= 4 is 23.7 Å². The Kier molecular flexibility index (Phi) is 5.71. The molecule has 0 bridgehead atoms. The highest BCUT2D eigenvalue weighted by Gasteiger charge is 2.23. The molecule has 0 aromatic heterocycles. The number of anilines is 1. The molecular formula is C14H18N2O5. The summed E-state index contributed by atoms with van der Waals surface area (Å²) < 4.78 is 4.51. The van der Waals surface area contributed by atoms with Crippen LogP contribution in [0.5, 0.6) is 0 Å². The molecule has 1 unspecified atom stereocenters. The summed E-state index contributed by atoms with van der Waals surface area (Å²) in [6.45, 7) is 2.82. The molecule has 2 N–H and O–H groups in total. The Hall–Kier alpha value is -2.57. The molecular weight excluding hydrogens is 276 g/mol. The maximum atomic E-state index is 12.1. The average Bonchev–Trinajstić information content (AvgIpc) is 2.44. The maximum absolute atomic E-state index is 12.1. The van der Waals surface area contributed by atoms with Crippen LogP contribution in [0.1, 0.15) is 12.5 Å². The molecule has 7 heteroatoms. The van der Waals surface area contributed by atoms with Crippen LogP contribution in [0.15, 0.2) is 24.3 Å². The Morgan fingerprint density at radius 2 is 1.86 bits per heavy atom. The summed E-state index contributed by atoms with van der Waals surface area (Å²) in [6, 6.07) is 5.26. The molecule has 0 saturated heterocycles. The van der Waals surface area contributed by atoms with Crippen molar-refractivity contribution in [2.24, 2.45) is 0 Å². The summed E-state index contributed by atoms with van der Waals surface area (Å²) in [6.07, 6.45) is 0. The van der Waals surface area contributed by atoms with Crippen LogP contribution in [0.25, 0.3) is 0 Å². The van der Waals surface area contributed by atoms with Gasteiger partial charge in [0.2, 0.25) is 0 Å². The van der Waals surface area contributed by atoms with E-state index in [1.54, 1.807) is 24.3 Å². The van der Waals surface area contributed by atoms with Gasteiger partial charge in [-0.05, 0) is 26.0 Å². The number of urea groups is 1. The van der Waals surface area contributed by atoms with E-state index in [2.05, 4.69) is 10.1 Å². The van der Waals surface area contributed by atoms with E-state index in [1.807, 2.05) is 6.92 Å². The third-order valence-electron chi connectivity index (χ3n) is 2.78. The Morgan fingerprint density at radius 1 is 1.29 bits per heavy atom. The first-order valence-electron chi connectivity index (χ1n) is 6.29. The average molecular weight is 294 g/mol. The molecule has 0 aliphatic rings. The van der Waals surface area contributed by atoms with Crippen molar-refractivity contribution in [3.05, 3.63) is 29.8 Å². The molecule has 7 nitrogen and oxygen atoms in total. The number of carboxylic acid groups (broad SMARTS) is 1. The molecule has 1 aromatic rings. The Morgan fingerprint density at radius 3 is 2.33 bits per heavy atom. The molecule has 0 aliphatic heterocycles. The Bertz CT molecular complexity index is 527. The van der Waals surface area contributed by atoms with Gasteiger partial charge >= 0.3 is 18.0 Å². The predicted molar refractivity (Wildman–Crippen MR) is 76.2 cm³/mol. The number of aryl methyl sites for hydroxylation is 1. The highest BCUT2D eigenvalue weighted by Crippen LogP contribution is 2.15. The number of benzene rings is 1. The lowest BCUT2D eigenvalue weighted by atomic mass is 10.2. The normalized spacial score (nSPS) is 11.4. The number of esters is 1. The second kappa shape index (κ2) is 7.28. The Labute approximate surface area is 122 Å². The van der Waals surface area contributed by atoms with Crippen LogP contribution in [0.2, 0.25) is 0 Å². The summed E-state index contributed by atoms with van der Waals surface area (Å²) in [5.41, 5.74) is 1.41. The molecule has 114 valence electrons. The minimum Gasteiger partial charge on any atom is -0.480 e.